The maximum Gasteiger partial charge on any atom is 0.265 e. The minimum atomic E-state index is -0.0188. The topological polar surface area (TPSA) is 23.6 Å². The molecule has 1 heterocycles. The van der Waals surface area contributed by atoms with Crippen LogP contribution in [0.25, 0.3) is 5.57 Å². The van der Waals surface area contributed by atoms with Crippen LogP contribution in [-0.4, -0.2) is 24.9 Å². The Morgan fingerprint density at radius 2 is 1.77 bits per heavy atom. The summed E-state index contributed by atoms with van der Waals surface area (Å²) in [6, 6.07) is 15.2. The first-order valence-corrected chi connectivity index (χ1v) is 7.46. The van der Waals surface area contributed by atoms with Gasteiger partial charge in [-0.2, -0.15) is 0 Å². The van der Waals surface area contributed by atoms with Crippen LogP contribution in [0.15, 0.2) is 54.2 Å². The lowest BCUT2D eigenvalue weighted by molar-refractivity contribution is -0.112. The van der Waals surface area contributed by atoms with Gasteiger partial charge >= 0.3 is 0 Å². The molecule has 22 heavy (non-hydrogen) atoms. The molecule has 0 N–H and O–H groups in total. The lowest BCUT2D eigenvalue weighted by atomic mass is 10.1. The number of hydrogen-bond donors (Lipinski definition) is 0. The van der Waals surface area contributed by atoms with Gasteiger partial charge in [0.15, 0.2) is 0 Å². The van der Waals surface area contributed by atoms with E-state index in [4.69, 9.17) is 11.6 Å². The molecule has 0 spiro atoms. The van der Waals surface area contributed by atoms with Gasteiger partial charge in [-0.1, -0.05) is 35.9 Å². The van der Waals surface area contributed by atoms with Crippen LogP contribution in [0.3, 0.4) is 0 Å². The lowest BCUT2D eigenvalue weighted by Crippen LogP contribution is -2.22. The van der Waals surface area contributed by atoms with Crippen molar-refractivity contribution in [3.05, 3.63) is 64.8 Å². The maximum atomic E-state index is 13.0. The molecule has 0 fully saturated rings. The molecule has 0 radical (unpaired) electrons. The van der Waals surface area contributed by atoms with Gasteiger partial charge in [0.2, 0.25) is 0 Å². The summed E-state index contributed by atoms with van der Waals surface area (Å²) in [5.74, 6) is -0.0188. The predicted molar refractivity (Wildman–Crippen MR) is 91.3 cm³/mol. The molecule has 0 aliphatic carbocycles. The minimum Gasteiger partial charge on any atom is -0.381 e. The molecular weight excluding hydrogens is 296 g/mol. The van der Waals surface area contributed by atoms with Gasteiger partial charge in [0.05, 0.1) is 11.3 Å². The molecule has 3 rings (SSSR count). The molecule has 1 amide bonds. The number of carbonyl (C=O) groups excluding carboxylic acids is 1. The number of anilines is 2. The second-order valence-electron chi connectivity index (χ2n) is 5.49. The standard InChI is InChI=1S/C18H17ClN2O/c1-12(20(2)3)17-15-10-9-13(19)11-16(15)21(18(17)22)14-7-5-4-6-8-14/h4-11H,1-3H3/b17-12-. The summed E-state index contributed by atoms with van der Waals surface area (Å²) < 4.78 is 0. The largest absolute Gasteiger partial charge is 0.381 e. The molecule has 2 aromatic rings. The zero-order valence-electron chi connectivity index (χ0n) is 12.8. The number of rotatable bonds is 2. The molecule has 112 valence electrons. The Hall–Kier alpha value is -2.26. The summed E-state index contributed by atoms with van der Waals surface area (Å²) in [4.78, 5) is 16.7. The van der Waals surface area contributed by atoms with Gasteiger partial charge in [0.1, 0.15) is 0 Å². The van der Waals surface area contributed by atoms with Crippen LogP contribution in [0.5, 0.6) is 0 Å². The Morgan fingerprint density at radius 3 is 2.41 bits per heavy atom. The van der Waals surface area contributed by atoms with Gasteiger partial charge in [0, 0.05) is 36.1 Å². The van der Waals surface area contributed by atoms with Gasteiger partial charge in [0.25, 0.3) is 5.91 Å². The quantitative estimate of drug-likeness (QED) is 0.771. The number of allylic oxidation sites excluding steroid dienone is 1. The van der Waals surface area contributed by atoms with Crippen molar-refractivity contribution in [3.63, 3.8) is 0 Å². The molecule has 0 saturated heterocycles. The third-order valence-electron chi connectivity index (χ3n) is 3.93. The van der Waals surface area contributed by atoms with E-state index >= 15 is 0 Å². The number of hydrogen-bond acceptors (Lipinski definition) is 2. The highest BCUT2D eigenvalue weighted by atomic mass is 35.5. The third-order valence-corrected chi connectivity index (χ3v) is 4.17. The molecule has 1 aliphatic rings. The maximum absolute atomic E-state index is 13.0. The van der Waals surface area contributed by atoms with E-state index in [1.165, 1.54) is 0 Å². The van der Waals surface area contributed by atoms with Crippen molar-refractivity contribution in [1.29, 1.82) is 0 Å². The Labute approximate surface area is 135 Å². The normalized spacial score (nSPS) is 15.8. The Bertz CT molecular complexity index is 766. The van der Waals surface area contributed by atoms with Crippen LogP contribution in [0.4, 0.5) is 11.4 Å². The number of nitrogens with zero attached hydrogens (tertiary/aromatic N) is 2. The smallest absolute Gasteiger partial charge is 0.265 e. The van der Waals surface area contributed by atoms with E-state index in [9.17, 15) is 4.79 Å². The van der Waals surface area contributed by atoms with E-state index in [1.807, 2.05) is 74.4 Å². The number of benzene rings is 2. The number of amides is 1. The summed E-state index contributed by atoms with van der Waals surface area (Å²) in [7, 11) is 3.88. The molecule has 0 aromatic heterocycles. The number of halogens is 1. The summed E-state index contributed by atoms with van der Waals surface area (Å²) in [5, 5.41) is 0.622. The van der Waals surface area contributed by atoms with E-state index in [1.54, 1.807) is 4.90 Å². The molecule has 0 saturated carbocycles. The molecule has 0 unspecified atom stereocenters. The number of para-hydroxylation sites is 1. The molecule has 0 atom stereocenters. The van der Waals surface area contributed by atoms with Crippen LogP contribution < -0.4 is 4.90 Å². The van der Waals surface area contributed by atoms with E-state index in [0.29, 0.717) is 5.02 Å². The molecule has 2 aromatic carbocycles. The average Bonchev–Trinajstić information content (AvgIpc) is 2.78. The summed E-state index contributed by atoms with van der Waals surface area (Å²) in [6.45, 7) is 1.96. The molecular formula is C18H17ClN2O. The van der Waals surface area contributed by atoms with E-state index < -0.39 is 0 Å². The average molecular weight is 313 g/mol. The minimum absolute atomic E-state index is 0.0188. The van der Waals surface area contributed by atoms with E-state index in [-0.39, 0.29) is 5.91 Å². The van der Waals surface area contributed by atoms with Crippen molar-refractivity contribution in [2.24, 2.45) is 0 Å². The van der Waals surface area contributed by atoms with Crippen molar-refractivity contribution < 1.29 is 4.79 Å². The summed E-state index contributed by atoms with van der Waals surface area (Å²) in [6.07, 6.45) is 0. The highest BCUT2D eigenvalue weighted by Gasteiger charge is 2.35. The van der Waals surface area contributed by atoms with Gasteiger partial charge in [-0.3, -0.25) is 9.69 Å². The first-order valence-electron chi connectivity index (χ1n) is 7.08. The Morgan fingerprint density at radius 1 is 1.09 bits per heavy atom. The summed E-state index contributed by atoms with van der Waals surface area (Å²) >= 11 is 6.15. The van der Waals surface area contributed by atoms with Crippen molar-refractivity contribution in [3.8, 4) is 0 Å². The van der Waals surface area contributed by atoms with Gasteiger partial charge in [-0.05, 0) is 31.2 Å². The molecule has 4 heteroatoms. The molecule has 1 aliphatic heterocycles. The zero-order valence-corrected chi connectivity index (χ0v) is 13.6. The third kappa shape index (κ3) is 2.28. The fraction of sp³-hybridized carbons (Fsp3) is 0.167. The number of carbonyl (C=O) groups is 1. The summed E-state index contributed by atoms with van der Waals surface area (Å²) in [5.41, 5.74) is 4.26. The van der Waals surface area contributed by atoms with Crippen LogP contribution in [-0.2, 0) is 4.79 Å². The van der Waals surface area contributed by atoms with Gasteiger partial charge < -0.3 is 4.90 Å². The van der Waals surface area contributed by atoms with Crippen LogP contribution in [0, 0.1) is 0 Å². The second kappa shape index (κ2) is 5.50. The number of fused-ring (bicyclic) bond motifs is 1. The van der Waals surface area contributed by atoms with Crippen molar-refractivity contribution in [2.45, 2.75) is 6.92 Å². The van der Waals surface area contributed by atoms with Crippen molar-refractivity contribution in [1.82, 2.24) is 4.90 Å². The highest BCUT2D eigenvalue weighted by molar-refractivity contribution is 6.37. The fourth-order valence-electron chi connectivity index (χ4n) is 2.64. The van der Waals surface area contributed by atoms with Gasteiger partial charge in [-0.25, -0.2) is 0 Å². The van der Waals surface area contributed by atoms with E-state index in [0.717, 1.165) is 28.2 Å². The Balaban J connectivity index is 2.26. The molecule has 3 nitrogen and oxygen atoms in total. The fourth-order valence-corrected chi connectivity index (χ4v) is 2.81. The zero-order chi connectivity index (χ0) is 15.9. The highest BCUT2D eigenvalue weighted by Crippen LogP contribution is 2.43. The Kier molecular flexibility index (Phi) is 3.67. The van der Waals surface area contributed by atoms with Crippen LogP contribution >= 0.6 is 11.6 Å². The second-order valence-corrected chi connectivity index (χ2v) is 5.93. The SMILES string of the molecule is C/C(=C1/C(=O)N(c2ccccc2)c2cc(Cl)ccc21)N(C)C. The van der Waals surface area contributed by atoms with Gasteiger partial charge in [-0.15, -0.1) is 0 Å². The monoisotopic (exact) mass is 312 g/mol. The first kappa shape index (κ1) is 14.7. The predicted octanol–water partition coefficient (Wildman–Crippen LogP) is 4.31. The lowest BCUT2D eigenvalue weighted by Gasteiger charge is -2.18. The van der Waals surface area contributed by atoms with E-state index in [2.05, 4.69) is 0 Å². The van der Waals surface area contributed by atoms with Crippen molar-refractivity contribution >= 4 is 34.5 Å². The molecule has 0 bridgehead atoms. The van der Waals surface area contributed by atoms with Crippen molar-refractivity contribution in [2.75, 3.05) is 19.0 Å². The van der Waals surface area contributed by atoms with Crippen LogP contribution in [0.1, 0.15) is 12.5 Å². The van der Waals surface area contributed by atoms with Crippen LogP contribution in [0.2, 0.25) is 5.02 Å². The first-order chi connectivity index (χ1) is 10.5.